The molecule has 164 valence electrons. The third-order valence-electron chi connectivity index (χ3n) is 4.42. The van der Waals surface area contributed by atoms with Gasteiger partial charge < -0.3 is 9.29 Å². The van der Waals surface area contributed by atoms with Crippen LogP contribution in [0.5, 0.6) is 5.75 Å². The second kappa shape index (κ2) is 8.35. The highest BCUT2D eigenvalue weighted by molar-refractivity contribution is 7.85. The molecule has 0 N–H and O–H groups in total. The Morgan fingerprint density at radius 1 is 0.900 bits per heavy atom. The summed E-state index contributed by atoms with van der Waals surface area (Å²) in [4.78, 5) is 10.5. The van der Waals surface area contributed by atoms with E-state index in [9.17, 15) is 35.3 Å². The van der Waals surface area contributed by atoms with Crippen LogP contribution >= 0.6 is 0 Å². The molecule has 5 nitrogen and oxygen atoms in total. The molecule has 2 aromatic carbocycles. The highest BCUT2D eigenvalue weighted by Crippen LogP contribution is 2.35. The molecule has 0 saturated heterocycles. The highest BCUT2D eigenvalue weighted by atomic mass is 32.2. The molecule has 0 heterocycles. The number of esters is 1. The van der Waals surface area contributed by atoms with Crippen LogP contribution in [0.15, 0.2) is 17.0 Å². The predicted molar refractivity (Wildman–Crippen MR) is 98.6 cm³/mol. The number of ether oxygens (including phenoxy) is 1. The van der Waals surface area contributed by atoms with E-state index in [1.165, 1.54) is 0 Å². The van der Waals surface area contributed by atoms with Crippen molar-refractivity contribution in [2.24, 2.45) is 0 Å². The molecule has 0 amide bonds. The summed E-state index contributed by atoms with van der Waals surface area (Å²) < 4.78 is 93.8. The van der Waals surface area contributed by atoms with Gasteiger partial charge in [0.05, 0.1) is 5.56 Å². The molecule has 0 spiro atoms. The first kappa shape index (κ1) is 23.8. The normalized spacial score (nSPS) is 12.0. The molecule has 0 radical (unpaired) electrons. The second-order valence-electron chi connectivity index (χ2n) is 7.39. The average Bonchev–Trinajstić information content (AvgIpc) is 2.61. The fourth-order valence-corrected chi connectivity index (χ4v) is 3.65. The molecule has 0 aliphatic heterocycles. The van der Waals surface area contributed by atoms with Crippen molar-refractivity contribution < 1.29 is 40.1 Å². The Hall–Kier alpha value is -2.46. The maximum absolute atomic E-state index is 14.2. The molecule has 30 heavy (non-hydrogen) atoms. The Kier molecular flexibility index (Phi) is 6.63. The van der Waals surface area contributed by atoms with Crippen molar-refractivity contribution in [3.63, 3.8) is 0 Å². The summed E-state index contributed by atoms with van der Waals surface area (Å²) in [5, 5.41) is 0. The molecule has 0 aliphatic carbocycles. The number of halogens is 4. The van der Waals surface area contributed by atoms with Crippen LogP contribution in [0, 0.1) is 30.2 Å². The molecule has 0 aliphatic rings. The van der Waals surface area contributed by atoms with Crippen molar-refractivity contribution in [1.82, 2.24) is 0 Å². The Morgan fingerprint density at radius 2 is 1.30 bits per heavy atom. The standard InChI is InChI=1S/C20H20F4O5S/c1-8(2)11-6-10(5)7-12(9(3)4)13(11)20(25)29-18-14(21)16(23)19(30(26,27)28)17(24)15(18)22/h6-9H,1-5H3,(H,26,27,28)/p-1. The van der Waals surface area contributed by atoms with E-state index in [-0.39, 0.29) is 17.4 Å². The lowest BCUT2D eigenvalue weighted by Gasteiger charge is -2.20. The van der Waals surface area contributed by atoms with Crippen LogP contribution in [-0.4, -0.2) is 18.9 Å². The Bertz CT molecular complexity index is 1070. The molecule has 0 saturated carbocycles. The van der Waals surface area contributed by atoms with E-state index in [1.54, 1.807) is 46.8 Å². The summed E-state index contributed by atoms with van der Waals surface area (Å²) in [6, 6.07) is 3.35. The molecule has 0 bridgehead atoms. The Balaban J connectivity index is 2.71. The fraction of sp³-hybridized carbons (Fsp3) is 0.350. The molecular formula is C20H19F4O5S-. The minimum Gasteiger partial charge on any atom is -0.744 e. The first-order valence-electron chi connectivity index (χ1n) is 8.86. The van der Waals surface area contributed by atoms with Gasteiger partial charge in [-0.05, 0) is 29.9 Å². The molecule has 0 fully saturated rings. The number of carbonyl (C=O) groups is 1. The van der Waals surface area contributed by atoms with E-state index >= 15 is 0 Å². The molecule has 0 atom stereocenters. The van der Waals surface area contributed by atoms with Gasteiger partial charge in [-0.2, -0.15) is 8.78 Å². The van der Waals surface area contributed by atoms with E-state index in [4.69, 9.17) is 0 Å². The van der Waals surface area contributed by atoms with Gasteiger partial charge >= 0.3 is 5.97 Å². The maximum Gasteiger partial charge on any atom is 0.344 e. The number of hydrogen-bond acceptors (Lipinski definition) is 5. The average molecular weight is 447 g/mol. The van der Waals surface area contributed by atoms with Crippen LogP contribution in [-0.2, 0) is 10.1 Å². The fourth-order valence-electron chi connectivity index (χ4n) is 3.03. The van der Waals surface area contributed by atoms with Crippen LogP contribution < -0.4 is 4.74 Å². The number of carbonyl (C=O) groups excluding carboxylic acids is 1. The Labute approximate surface area is 171 Å². The summed E-state index contributed by atoms with van der Waals surface area (Å²) in [5.74, 6) is -13.0. The molecule has 2 rings (SSSR count). The zero-order chi connectivity index (χ0) is 23.1. The lowest BCUT2D eigenvalue weighted by atomic mass is 9.87. The first-order valence-corrected chi connectivity index (χ1v) is 10.3. The van der Waals surface area contributed by atoms with Crippen molar-refractivity contribution in [3.05, 3.63) is 57.7 Å². The number of aryl methyl sites for hydroxylation is 1. The zero-order valence-electron chi connectivity index (χ0n) is 16.8. The van der Waals surface area contributed by atoms with Gasteiger partial charge in [-0.25, -0.2) is 22.0 Å². The predicted octanol–water partition coefficient (Wildman–Crippen LogP) is 4.92. The third-order valence-corrected chi connectivity index (χ3v) is 5.28. The summed E-state index contributed by atoms with van der Waals surface area (Å²) in [6.07, 6.45) is 0. The SMILES string of the molecule is Cc1cc(C(C)C)c(C(=O)Oc2c(F)c(F)c(S(=O)(=O)[O-])c(F)c2F)c(C(C)C)c1. The summed E-state index contributed by atoms with van der Waals surface area (Å²) >= 11 is 0. The first-order chi connectivity index (χ1) is 13.7. The van der Waals surface area contributed by atoms with E-state index in [0.717, 1.165) is 5.56 Å². The lowest BCUT2D eigenvalue weighted by Crippen LogP contribution is -2.19. The third kappa shape index (κ3) is 4.34. The quantitative estimate of drug-likeness (QED) is 0.214. The van der Waals surface area contributed by atoms with Crippen molar-refractivity contribution in [1.29, 1.82) is 0 Å². The molecule has 2 aromatic rings. The van der Waals surface area contributed by atoms with Gasteiger partial charge in [0.25, 0.3) is 0 Å². The van der Waals surface area contributed by atoms with Crippen molar-refractivity contribution >= 4 is 16.1 Å². The van der Waals surface area contributed by atoms with Gasteiger partial charge in [0, 0.05) is 0 Å². The minimum absolute atomic E-state index is 0.0225. The smallest absolute Gasteiger partial charge is 0.344 e. The van der Waals surface area contributed by atoms with Crippen molar-refractivity contribution in [2.75, 3.05) is 0 Å². The molecular weight excluding hydrogens is 428 g/mol. The van der Waals surface area contributed by atoms with Gasteiger partial charge in [0.1, 0.15) is 15.0 Å². The van der Waals surface area contributed by atoms with Crippen LogP contribution in [0.4, 0.5) is 17.6 Å². The van der Waals surface area contributed by atoms with Crippen molar-refractivity contribution in [2.45, 2.75) is 51.3 Å². The molecule has 0 aromatic heterocycles. The molecule has 10 heteroatoms. The van der Waals surface area contributed by atoms with Crippen LogP contribution in [0.1, 0.15) is 66.6 Å². The van der Waals surface area contributed by atoms with E-state index < -0.39 is 50.0 Å². The second-order valence-corrected chi connectivity index (χ2v) is 8.70. The van der Waals surface area contributed by atoms with E-state index in [1.807, 2.05) is 0 Å². The van der Waals surface area contributed by atoms with Gasteiger partial charge in [0.15, 0.2) is 11.6 Å². The van der Waals surface area contributed by atoms with Gasteiger partial charge in [-0.1, -0.05) is 45.4 Å². The maximum atomic E-state index is 14.2. The summed E-state index contributed by atoms with van der Waals surface area (Å²) in [7, 11) is -5.87. The zero-order valence-corrected chi connectivity index (χ0v) is 17.6. The van der Waals surface area contributed by atoms with Gasteiger partial charge in [-0.3, -0.25) is 0 Å². The number of rotatable bonds is 5. The highest BCUT2D eigenvalue weighted by Gasteiger charge is 2.32. The van der Waals surface area contributed by atoms with Crippen LogP contribution in [0.2, 0.25) is 0 Å². The monoisotopic (exact) mass is 447 g/mol. The Morgan fingerprint density at radius 3 is 1.63 bits per heavy atom. The van der Waals surface area contributed by atoms with E-state index in [0.29, 0.717) is 11.1 Å². The summed E-state index contributed by atoms with van der Waals surface area (Å²) in [6.45, 7) is 8.86. The van der Waals surface area contributed by atoms with E-state index in [2.05, 4.69) is 4.74 Å². The largest absolute Gasteiger partial charge is 0.744 e. The van der Waals surface area contributed by atoms with Crippen LogP contribution in [0.3, 0.4) is 0 Å². The molecule has 0 unspecified atom stereocenters. The van der Waals surface area contributed by atoms with Gasteiger partial charge in [-0.15, -0.1) is 0 Å². The lowest BCUT2D eigenvalue weighted by molar-refractivity contribution is 0.0713. The minimum atomic E-state index is -5.87. The van der Waals surface area contributed by atoms with Gasteiger partial charge in [0.2, 0.25) is 17.4 Å². The number of hydrogen-bond donors (Lipinski definition) is 0. The topological polar surface area (TPSA) is 83.5 Å². The number of benzene rings is 2. The summed E-state index contributed by atoms with van der Waals surface area (Å²) in [5.41, 5.74) is 1.78. The van der Waals surface area contributed by atoms with Crippen LogP contribution in [0.25, 0.3) is 0 Å². The van der Waals surface area contributed by atoms with Crippen molar-refractivity contribution in [3.8, 4) is 5.75 Å².